The van der Waals surface area contributed by atoms with Crippen LogP contribution in [0.25, 0.3) is 0 Å². The first-order chi connectivity index (χ1) is 18.2. The molecule has 1 aromatic heterocycles. The van der Waals surface area contributed by atoms with Crippen LogP contribution in [0, 0.1) is 5.92 Å². The van der Waals surface area contributed by atoms with Crippen LogP contribution in [0.4, 0.5) is 0 Å². The number of aromatic nitrogens is 1. The van der Waals surface area contributed by atoms with Crippen molar-refractivity contribution in [1.29, 1.82) is 0 Å². The molecular weight excluding hydrogens is 494 g/mol. The second kappa shape index (κ2) is 13.8. The zero-order chi connectivity index (χ0) is 27.7. The van der Waals surface area contributed by atoms with Gasteiger partial charge in [0.2, 0.25) is 11.8 Å². The Kier molecular flexibility index (Phi) is 10.6. The minimum atomic E-state index is -1.39. The molecule has 3 rings (SSSR count). The third kappa shape index (κ3) is 7.50. The molecule has 38 heavy (non-hydrogen) atoms. The van der Waals surface area contributed by atoms with E-state index in [9.17, 15) is 34.2 Å². The van der Waals surface area contributed by atoms with Crippen molar-refractivity contribution in [2.75, 3.05) is 6.54 Å². The maximum absolute atomic E-state index is 13.1. The largest absolute Gasteiger partial charge is 0.480 e. The Bertz CT molecular complexity index is 1000. The number of fused-ring (bicyclic) bond motifs is 1. The summed E-state index contributed by atoms with van der Waals surface area (Å²) in [6.07, 6.45) is 6.35. The quantitative estimate of drug-likeness (QED) is 0.230. The number of carboxylic acid groups (broad SMARTS) is 2. The molecule has 208 valence electrons. The smallest absolute Gasteiger partial charge is 0.326 e. The zero-order valence-corrected chi connectivity index (χ0v) is 21.4. The Labute approximate surface area is 221 Å². The zero-order valence-electron chi connectivity index (χ0n) is 21.4. The lowest BCUT2D eigenvalue weighted by Crippen LogP contribution is -2.52. The van der Waals surface area contributed by atoms with E-state index in [0.29, 0.717) is 25.8 Å². The summed E-state index contributed by atoms with van der Waals surface area (Å²) in [7, 11) is 0. The molecule has 0 unspecified atom stereocenters. The van der Waals surface area contributed by atoms with Crippen LogP contribution >= 0.6 is 0 Å². The minimum Gasteiger partial charge on any atom is -0.480 e. The number of likely N-dealkylation sites (tertiary alicyclic amines) is 1. The van der Waals surface area contributed by atoms with Crippen LogP contribution in [0.3, 0.4) is 0 Å². The fourth-order valence-corrected chi connectivity index (χ4v) is 5.46. The van der Waals surface area contributed by atoms with Gasteiger partial charge >= 0.3 is 11.9 Å². The Morgan fingerprint density at radius 2 is 1.79 bits per heavy atom. The van der Waals surface area contributed by atoms with Gasteiger partial charge in [-0.05, 0) is 69.5 Å². The second-order valence-electron chi connectivity index (χ2n) is 9.97. The van der Waals surface area contributed by atoms with Crippen molar-refractivity contribution in [3.05, 3.63) is 30.1 Å². The fraction of sp³-hybridized carbons (Fsp3) is 0.615. The number of hydrogen-bond donors (Lipinski definition) is 5. The van der Waals surface area contributed by atoms with Crippen LogP contribution in [0.1, 0.15) is 74.7 Å². The Balaban J connectivity index is 1.64. The molecule has 3 amide bonds. The first kappa shape index (κ1) is 29.0. The molecule has 0 spiro atoms. The summed E-state index contributed by atoms with van der Waals surface area (Å²) in [5.41, 5.74) is 5.66. The van der Waals surface area contributed by atoms with E-state index < -0.39 is 47.8 Å². The van der Waals surface area contributed by atoms with Gasteiger partial charge in [-0.3, -0.25) is 19.4 Å². The van der Waals surface area contributed by atoms with Crippen LogP contribution in [-0.2, 0) is 19.2 Å². The number of carbonyl (C=O) groups excluding carboxylic acids is 3. The van der Waals surface area contributed by atoms with Crippen LogP contribution in [0.5, 0.6) is 0 Å². The monoisotopic (exact) mass is 531 g/mol. The molecule has 2 fully saturated rings. The molecule has 1 saturated carbocycles. The number of unbranched alkanes of at least 4 members (excludes halogenated alkanes) is 1. The van der Waals surface area contributed by atoms with Crippen molar-refractivity contribution < 1.29 is 34.2 Å². The lowest BCUT2D eigenvalue weighted by Gasteiger charge is -2.33. The van der Waals surface area contributed by atoms with Gasteiger partial charge in [-0.1, -0.05) is 18.9 Å². The lowest BCUT2D eigenvalue weighted by atomic mass is 9.84. The number of aliphatic carboxylic acids is 2. The van der Waals surface area contributed by atoms with Crippen LogP contribution in [0.2, 0.25) is 0 Å². The van der Waals surface area contributed by atoms with Gasteiger partial charge in [-0.25, -0.2) is 9.59 Å². The predicted molar refractivity (Wildman–Crippen MR) is 136 cm³/mol. The summed E-state index contributed by atoms with van der Waals surface area (Å²) in [6, 6.07) is 1.31. The Hall–Kier alpha value is -3.54. The fourth-order valence-electron chi connectivity index (χ4n) is 5.46. The van der Waals surface area contributed by atoms with Gasteiger partial charge in [0.05, 0.1) is 0 Å². The summed E-state index contributed by atoms with van der Waals surface area (Å²) >= 11 is 0. The number of nitrogens with zero attached hydrogens (tertiary/aromatic N) is 2. The van der Waals surface area contributed by atoms with Crippen molar-refractivity contribution in [3.8, 4) is 0 Å². The molecule has 2 aliphatic rings. The van der Waals surface area contributed by atoms with E-state index in [2.05, 4.69) is 15.6 Å². The average molecular weight is 532 g/mol. The third-order valence-electron chi connectivity index (χ3n) is 7.39. The summed E-state index contributed by atoms with van der Waals surface area (Å²) in [5.74, 6) is -3.93. The van der Waals surface area contributed by atoms with Gasteiger partial charge < -0.3 is 31.5 Å². The van der Waals surface area contributed by atoms with Crippen molar-refractivity contribution >= 4 is 29.7 Å². The molecule has 6 N–H and O–H groups in total. The van der Waals surface area contributed by atoms with E-state index in [1.165, 1.54) is 17.2 Å². The standard InChI is InChI=1S/C26H37N5O7/c27-13-5-3-9-18(29-23(33)17-8-4-6-14-28-17)24(34)30-19(25(35)36)11-12-22(32)31-20-10-2-1-7-16(20)15-21(31)26(37)38/h4,6,8,14,16,18-21H,1-3,5,7,9-13,15,27H2,(H,29,33)(H,30,34)(H,35,36)(H,37,38)/t16-,18-,19+,20-,21-/m0/s1. The first-order valence-corrected chi connectivity index (χ1v) is 13.2. The maximum atomic E-state index is 13.1. The number of carbonyl (C=O) groups is 5. The van der Waals surface area contributed by atoms with Gasteiger partial charge in [0.25, 0.3) is 5.91 Å². The van der Waals surface area contributed by atoms with Gasteiger partial charge in [0.1, 0.15) is 23.8 Å². The predicted octanol–water partition coefficient (Wildman–Crippen LogP) is 0.903. The number of rotatable bonds is 13. The highest BCUT2D eigenvalue weighted by atomic mass is 16.4. The van der Waals surface area contributed by atoms with Gasteiger partial charge in [-0.2, -0.15) is 0 Å². The molecular formula is C26H37N5O7. The summed E-state index contributed by atoms with van der Waals surface area (Å²) in [6.45, 7) is 0.401. The van der Waals surface area contributed by atoms with E-state index >= 15 is 0 Å². The van der Waals surface area contributed by atoms with E-state index in [-0.39, 0.29) is 36.9 Å². The highest BCUT2D eigenvalue weighted by Gasteiger charge is 2.47. The number of hydrogen-bond acceptors (Lipinski definition) is 7. The molecule has 12 nitrogen and oxygen atoms in total. The summed E-state index contributed by atoms with van der Waals surface area (Å²) in [4.78, 5) is 67.9. The Morgan fingerprint density at radius 3 is 2.45 bits per heavy atom. The van der Waals surface area contributed by atoms with E-state index in [1.807, 2.05) is 0 Å². The van der Waals surface area contributed by atoms with Gasteiger partial charge in [0, 0.05) is 18.7 Å². The number of amides is 3. The summed E-state index contributed by atoms with van der Waals surface area (Å²) < 4.78 is 0. The average Bonchev–Trinajstić information content (AvgIpc) is 3.30. The van der Waals surface area contributed by atoms with Crippen LogP contribution in [-0.4, -0.2) is 80.5 Å². The number of nitrogens with two attached hydrogens (primary N) is 1. The topological polar surface area (TPSA) is 192 Å². The molecule has 0 radical (unpaired) electrons. The highest BCUT2D eigenvalue weighted by Crippen LogP contribution is 2.40. The SMILES string of the molecule is NCCCC[C@H](NC(=O)c1ccccn1)C(=O)N[C@H](CCC(=O)N1[C@H](C(=O)O)C[C@@H]2CCCC[C@@H]21)C(=O)O. The Morgan fingerprint density at radius 1 is 1.03 bits per heavy atom. The molecule has 1 aliphatic carbocycles. The molecule has 5 atom stereocenters. The maximum Gasteiger partial charge on any atom is 0.326 e. The molecule has 1 aliphatic heterocycles. The van der Waals surface area contributed by atoms with Crippen LogP contribution in [0.15, 0.2) is 24.4 Å². The molecule has 1 saturated heterocycles. The van der Waals surface area contributed by atoms with Gasteiger partial charge in [0.15, 0.2) is 0 Å². The number of nitrogens with one attached hydrogen (secondary N) is 2. The van der Waals surface area contributed by atoms with Crippen molar-refractivity contribution in [2.24, 2.45) is 11.7 Å². The number of carboxylic acids is 2. The van der Waals surface area contributed by atoms with Crippen molar-refractivity contribution in [2.45, 2.75) is 88.4 Å². The molecule has 1 aromatic rings. The first-order valence-electron chi connectivity index (χ1n) is 13.2. The minimum absolute atomic E-state index is 0.115. The molecule has 0 aromatic carbocycles. The third-order valence-corrected chi connectivity index (χ3v) is 7.39. The van der Waals surface area contributed by atoms with E-state index in [0.717, 1.165) is 25.7 Å². The molecule has 12 heteroatoms. The lowest BCUT2D eigenvalue weighted by molar-refractivity contribution is -0.150. The van der Waals surface area contributed by atoms with Gasteiger partial charge in [-0.15, -0.1) is 0 Å². The van der Waals surface area contributed by atoms with Crippen LogP contribution < -0.4 is 16.4 Å². The van der Waals surface area contributed by atoms with E-state index in [1.54, 1.807) is 12.1 Å². The normalized spacial score (nSPS) is 22.1. The van der Waals surface area contributed by atoms with Crippen molar-refractivity contribution in [3.63, 3.8) is 0 Å². The summed E-state index contributed by atoms with van der Waals surface area (Å²) in [5, 5.41) is 24.5. The number of pyridine rings is 1. The van der Waals surface area contributed by atoms with E-state index in [4.69, 9.17) is 5.73 Å². The molecule has 2 heterocycles. The van der Waals surface area contributed by atoms with Crippen molar-refractivity contribution in [1.82, 2.24) is 20.5 Å². The second-order valence-corrected chi connectivity index (χ2v) is 9.97. The molecule has 0 bridgehead atoms. The highest BCUT2D eigenvalue weighted by molar-refractivity contribution is 5.96.